The maximum absolute atomic E-state index is 2.68. The fourth-order valence-corrected chi connectivity index (χ4v) is 19.6. The Morgan fingerprint density at radius 3 is 1.18 bits per heavy atom. The van der Waals surface area contributed by atoms with Crippen molar-refractivity contribution in [1.29, 1.82) is 0 Å². The van der Waals surface area contributed by atoms with Crippen molar-refractivity contribution in [3.8, 4) is 111 Å². The highest BCUT2D eigenvalue weighted by Crippen LogP contribution is 2.63. The monoisotopic (exact) mass is 1020 g/mol. The zero-order chi connectivity index (χ0) is 52.3. The van der Waals surface area contributed by atoms with Crippen molar-refractivity contribution >= 4 is 61.5 Å². The molecule has 14 aromatic rings. The number of hydrogen-bond acceptors (Lipinski definition) is 0. The standard InChI is InChI=1S/C79H48Si/c1-80(2)73-32-14-10-24-55(73)65-43-67-68(44-74(65)80)78(63-40-38-61-50-20-6-4-18-48(50)57-26-16-28-59(63)76(57)61)66-41-45(34-36-64(66)77(67)62-39-37-60-49-19-5-3-17-47(49)56-25-15-27-58(62)75(56)60)46-33-35-54-53-23-9-13-31-71(53)79(72(54)42-46)69-29-11-7-21-51(69)52-22-8-12-30-70(52)79/h3-44H,1-2H3. The predicted octanol–water partition coefficient (Wildman–Crippen LogP) is 19.7. The number of rotatable bonds is 3. The molecule has 1 spiro atoms. The van der Waals surface area contributed by atoms with Crippen molar-refractivity contribution in [3.63, 3.8) is 0 Å². The van der Waals surface area contributed by atoms with E-state index in [1.54, 1.807) is 0 Å². The minimum Gasteiger partial charge on any atom is -0.0623 e. The molecule has 0 aromatic heterocycles. The van der Waals surface area contributed by atoms with E-state index in [0.717, 1.165) is 0 Å². The summed E-state index contributed by atoms with van der Waals surface area (Å²) in [6.07, 6.45) is 0. The fourth-order valence-electron chi connectivity index (χ4n) is 16.5. The van der Waals surface area contributed by atoms with E-state index >= 15 is 0 Å². The molecular weight excluding hydrogens is 977 g/mol. The topological polar surface area (TPSA) is 0 Å². The SMILES string of the molecule is C[Si]1(C)c2ccccc2-c2cc3c(-c4ccc5c6c(cccc46)-c4ccccc4-5)c4ccc(-c5ccc6c(c5)C5(c7ccccc7-c7ccccc75)c5ccccc5-6)cc4c(-c4ccc5c6c(cccc46)-c4ccccc4-5)c3cc21. The molecule has 0 unspecified atom stereocenters. The molecule has 4 aliphatic carbocycles. The maximum Gasteiger partial charge on any atom is 0.113 e. The van der Waals surface area contributed by atoms with Gasteiger partial charge in [-0.3, -0.25) is 0 Å². The molecule has 80 heavy (non-hydrogen) atoms. The smallest absolute Gasteiger partial charge is 0.0623 e. The second-order valence-corrected chi connectivity index (χ2v) is 28.0. The van der Waals surface area contributed by atoms with Gasteiger partial charge < -0.3 is 0 Å². The van der Waals surface area contributed by atoms with E-state index in [-0.39, 0.29) is 0 Å². The molecule has 0 saturated heterocycles. The summed E-state index contributed by atoms with van der Waals surface area (Å²) < 4.78 is 0. The highest BCUT2D eigenvalue weighted by atomic mass is 28.3. The van der Waals surface area contributed by atoms with Crippen LogP contribution in [0.4, 0.5) is 0 Å². The molecule has 0 radical (unpaired) electrons. The van der Waals surface area contributed by atoms with E-state index in [0.29, 0.717) is 0 Å². The summed E-state index contributed by atoms with van der Waals surface area (Å²) in [4.78, 5) is 0. The van der Waals surface area contributed by atoms with Crippen LogP contribution in [0.15, 0.2) is 255 Å². The van der Waals surface area contributed by atoms with Gasteiger partial charge in [-0.1, -0.05) is 250 Å². The van der Waals surface area contributed by atoms with Gasteiger partial charge in [0.25, 0.3) is 0 Å². The Kier molecular flexibility index (Phi) is 8.19. The minimum atomic E-state index is -2.14. The van der Waals surface area contributed by atoms with Crippen molar-refractivity contribution in [2.45, 2.75) is 18.5 Å². The molecule has 0 N–H and O–H groups in total. The van der Waals surface area contributed by atoms with Gasteiger partial charge in [-0.2, -0.15) is 0 Å². The zero-order valence-corrected chi connectivity index (χ0v) is 45.2. The molecule has 368 valence electrons. The zero-order valence-electron chi connectivity index (χ0n) is 44.2. The number of fused-ring (bicyclic) bond motifs is 21. The van der Waals surface area contributed by atoms with Crippen LogP contribution in [0, 0.1) is 0 Å². The first kappa shape index (κ1) is 43.3. The second kappa shape index (κ2) is 15.1. The average molecular weight is 1030 g/mol. The molecule has 0 atom stereocenters. The van der Waals surface area contributed by atoms with E-state index in [4.69, 9.17) is 0 Å². The lowest BCUT2D eigenvalue weighted by atomic mass is 9.70. The number of hydrogen-bond donors (Lipinski definition) is 0. The Bertz CT molecular complexity index is 5100. The lowest BCUT2D eigenvalue weighted by Gasteiger charge is -2.30. The lowest BCUT2D eigenvalue weighted by Crippen LogP contribution is -2.49. The summed E-state index contributed by atoms with van der Waals surface area (Å²) in [7, 11) is -2.14. The van der Waals surface area contributed by atoms with Crippen molar-refractivity contribution in [3.05, 3.63) is 277 Å². The Morgan fingerprint density at radius 2 is 0.613 bits per heavy atom. The second-order valence-electron chi connectivity index (χ2n) is 23.6. The van der Waals surface area contributed by atoms with E-state index < -0.39 is 13.5 Å². The lowest BCUT2D eigenvalue weighted by molar-refractivity contribution is 0.794. The molecule has 0 nitrogen and oxygen atoms in total. The molecule has 1 heteroatoms. The van der Waals surface area contributed by atoms with E-state index in [1.165, 1.54) is 187 Å². The Morgan fingerprint density at radius 1 is 0.225 bits per heavy atom. The Hall–Kier alpha value is -9.66. The molecule has 0 bridgehead atoms. The van der Waals surface area contributed by atoms with Gasteiger partial charge >= 0.3 is 0 Å². The van der Waals surface area contributed by atoms with Gasteiger partial charge in [-0.25, -0.2) is 0 Å². The van der Waals surface area contributed by atoms with Crippen LogP contribution in [0.1, 0.15) is 22.3 Å². The largest absolute Gasteiger partial charge is 0.113 e. The Labute approximate surface area is 465 Å². The van der Waals surface area contributed by atoms with Gasteiger partial charge in [0.05, 0.1) is 5.41 Å². The van der Waals surface area contributed by atoms with Gasteiger partial charge in [0.2, 0.25) is 0 Å². The van der Waals surface area contributed by atoms with Crippen LogP contribution < -0.4 is 10.4 Å². The maximum atomic E-state index is 2.68. The summed E-state index contributed by atoms with van der Waals surface area (Å²) >= 11 is 0. The third kappa shape index (κ3) is 5.19. The minimum absolute atomic E-state index is 0.438. The van der Waals surface area contributed by atoms with Crippen LogP contribution in [0.3, 0.4) is 0 Å². The number of benzene rings is 14. The molecule has 1 heterocycles. The van der Waals surface area contributed by atoms with E-state index in [9.17, 15) is 0 Å². The van der Waals surface area contributed by atoms with Crippen molar-refractivity contribution in [1.82, 2.24) is 0 Å². The molecule has 19 rings (SSSR count). The summed E-state index contributed by atoms with van der Waals surface area (Å²) in [6, 6.07) is 98.8. The summed E-state index contributed by atoms with van der Waals surface area (Å²) in [5.74, 6) is 0. The van der Waals surface area contributed by atoms with Crippen LogP contribution in [0.5, 0.6) is 0 Å². The first-order chi connectivity index (χ1) is 39.5. The van der Waals surface area contributed by atoms with Gasteiger partial charge in [0.1, 0.15) is 8.07 Å². The van der Waals surface area contributed by atoms with Gasteiger partial charge in [-0.05, 0) is 205 Å². The van der Waals surface area contributed by atoms with E-state index in [2.05, 4.69) is 268 Å². The summed E-state index contributed by atoms with van der Waals surface area (Å²) in [6.45, 7) is 5.14. The van der Waals surface area contributed by atoms with Crippen LogP contribution in [0.25, 0.3) is 154 Å². The van der Waals surface area contributed by atoms with Gasteiger partial charge in [0.15, 0.2) is 0 Å². The predicted molar refractivity (Wildman–Crippen MR) is 340 cm³/mol. The highest BCUT2D eigenvalue weighted by Gasteiger charge is 2.51. The average Bonchev–Trinajstić information content (AvgIpc) is 3.85. The molecule has 0 saturated carbocycles. The summed E-state index contributed by atoms with van der Waals surface area (Å²) in [5.41, 5.74) is 31.3. The molecule has 14 aromatic carbocycles. The highest BCUT2D eigenvalue weighted by molar-refractivity contribution is 7.04. The van der Waals surface area contributed by atoms with E-state index in [1.807, 2.05) is 0 Å². The Balaban J connectivity index is 0.953. The molecule has 0 amide bonds. The first-order valence-electron chi connectivity index (χ1n) is 28.4. The van der Waals surface area contributed by atoms with Crippen LogP contribution in [0.2, 0.25) is 13.1 Å². The first-order valence-corrected chi connectivity index (χ1v) is 31.4. The normalized spacial score (nSPS) is 14.3. The van der Waals surface area contributed by atoms with Crippen molar-refractivity contribution in [2.24, 2.45) is 0 Å². The molecule has 0 fully saturated rings. The fraction of sp³-hybridized carbons (Fsp3) is 0.0380. The molecular formula is C79H48Si. The molecule has 1 aliphatic heterocycles. The third-order valence-electron chi connectivity index (χ3n) is 19.8. The van der Waals surface area contributed by atoms with Gasteiger partial charge in [-0.15, -0.1) is 0 Å². The summed E-state index contributed by atoms with van der Waals surface area (Å²) in [5, 5.41) is 13.5. The third-order valence-corrected chi connectivity index (χ3v) is 23.3. The van der Waals surface area contributed by atoms with Crippen molar-refractivity contribution in [2.75, 3.05) is 0 Å². The van der Waals surface area contributed by atoms with Crippen LogP contribution in [-0.4, -0.2) is 8.07 Å². The van der Waals surface area contributed by atoms with Crippen molar-refractivity contribution < 1.29 is 0 Å². The van der Waals surface area contributed by atoms with Crippen LogP contribution >= 0.6 is 0 Å². The quantitative estimate of drug-likeness (QED) is 0.122. The van der Waals surface area contributed by atoms with Gasteiger partial charge in [0, 0.05) is 0 Å². The van der Waals surface area contributed by atoms with Crippen LogP contribution in [-0.2, 0) is 5.41 Å². The molecule has 5 aliphatic rings.